The molecule has 0 spiro atoms. The fourth-order valence-electron chi connectivity index (χ4n) is 1.87. The Morgan fingerprint density at radius 1 is 1.43 bits per heavy atom. The largest absolute Gasteiger partial charge is 0.397 e. The van der Waals surface area contributed by atoms with E-state index in [1.807, 2.05) is 0 Å². The Morgan fingerprint density at radius 3 is 2.67 bits per heavy atom. The molecule has 118 valence electrons. The quantitative estimate of drug-likeness (QED) is 0.425. The van der Waals surface area contributed by atoms with Crippen LogP contribution >= 0.6 is 0 Å². The highest BCUT2D eigenvalue weighted by Gasteiger charge is 2.44. The highest BCUT2D eigenvalue weighted by Crippen LogP contribution is 2.28. The van der Waals surface area contributed by atoms with Gasteiger partial charge in [0, 0.05) is 6.20 Å². The lowest BCUT2D eigenvalue weighted by atomic mass is 10.1. The van der Waals surface area contributed by atoms with E-state index < -0.39 is 47.2 Å². The summed E-state index contributed by atoms with van der Waals surface area (Å²) in [7, 11) is -4.72. The molecular weight excluding hydrogens is 310 g/mol. The molecule has 0 unspecified atom stereocenters. The van der Waals surface area contributed by atoms with Crippen LogP contribution in [-0.2, 0) is 19.3 Å². The highest BCUT2D eigenvalue weighted by molar-refractivity contribution is 7.80. The Morgan fingerprint density at radius 2 is 2.10 bits per heavy atom. The first-order valence-electron chi connectivity index (χ1n) is 5.67. The van der Waals surface area contributed by atoms with Crippen molar-refractivity contribution in [1.82, 2.24) is 9.55 Å². The molecular formula is C9H13N3O8S. The van der Waals surface area contributed by atoms with Crippen LogP contribution in [-0.4, -0.2) is 57.7 Å². The third-order valence-corrected chi connectivity index (χ3v) is 3.28. The van der Waals surface area contributed by atoms with Crippen LogP contribution in [0.15, 0.2) is 17.1 Å². The lowest BCUT2D eigenvalue weighted by molar-refractivity contribution is -0.0518. The number of nitrogens with zero attached hydrogens (tertiary/aromatic N) is 2. The molecule has 2 heterocycles. The number of nitrogens with two attached hydrogens (primary N) is 1. The Hall–Kier alpha value is -1.57. The molecule has 21 heavy (non-hydrogen) atoms. The van der Waals surface area contributed by atoms with Crippen LogP contribution in [0.3, 0.4) is 0 Å². The summed E-state index contributed by atoms with van der Waals surface area (Å²) in [6.45, 7) is -0.731. The topological polar surface area (TPSA) is 174 Å². The first kappa shape index (κ1) is 15.8. The van der Waals surface area contributed by atoms with E-state index in [0.717, 1.165) is 4.57 Å². The van der Waals surface area contributed by atoms with Crippen molar-refractivity contribution in [1.29, 1.82) is 0 Å². The Kier molecular flexibility index (Phi) is 4.27. The molecule has 0 amide bonds. The van der Waals surface area contributed by atoms with Gasteiger partial charge in [-0.15, -0.1) is 0 Å². The van der Waals surface area contributed by atoms with Gasteiger partial charge < -0.3 is 20.7 Å². The van der Waals surface area contributed by atoms with Crippen molar-refractivity contribution in [2.45, 2.75) is 24.5 Å². The van der Waals surface area contributed by atoms with Crippen LogP contribution in [0.4, 0.5) is 5.82 Å². The third-order valence-electron chi connectivity index (χ3n) is 2.84. The molecule has 0 aliphatic carbocycles. The molecule has 1 aromatic heterocycles. The molecule has 5 N–H and O–H groups in total. The molecule has 0 bridgehead atoms. The number of aliphatic hydroxyl groups is 2. The summed E-state index contributed by atoms with van der Waals surface area (Å²) in [6.07, 6.45) is -4.41. The van der Waals surface area contributed by atoms with Gasteiger partial charge in [-0.1, -0.05) is 0 Å². The van der Waals surface area contributed by atoms with E-state index in [-0.39, 0.29) is 5.82 Å². The van der Waals surface area contributed by atoms with E-state index in [1.165, 1.54) is 12.3 Å². The summed E-state index contributed by atoms with van der Waals surface area (Å²) in [5.74, 6) is -0.0319. The predicted molar refractivity (Wildman–Crippen MR) is 66.3 cm³/mol. The number of rotatable bonds is 4. The van der Waals surface area contributed by atoms with Crippen LogP contribution in [0.5, 0.6) is 0 Å². The average Bonchev–Trinajstić information content (AvgIpc) is 2.64. The van der Waals surface area contributed by atoms with Gasteiger partial charge in [0.15, 0.2) is 6.23 Å². The van der Waals surface area contributed by atoms with Crippen molar-refractivity contribution < 1.29 is 32.1 Å². The van der Waals surface area contributed by atoms with E-state index in [0.29, 0.717) is 0 Å². The maximum atomic E-state index is 11.6. The first-order chi connectivity index (χ1) is 9.69. The molecule has 0 saturated carbocycles. The molecule has 1 aromatic rings. The molecule has 1 saturated heterocycles. The minimum absolute atomic E-state index is 0.0319. The van der Waals surface area contributed by atoms with Crippen LogP contribution in [0, 0.1) is 0 Å². The third kappa shape index (κ3) is 3.55. The van der Waals surface area contributed by atoms with Crippen molar-refractivity contribution >= 4 is 16.2 Å². The van der Waals surface area contributed by atoms with Crippen molar-refractivity contribution in [3.8, 4) is 0 Å². The van der Waals surface area contributed by atoms with Gasteiger partial charge >= 0.3 is 16.1 Å². The fraction of sp³-hybridized carbons (Fsp3) is 0.556. The van der Waals surface area contributed by atoms with Crippen molar-refractivity contribution in [3.05, 3.63) is 22.7 Å². The Labute approximate surface area is 118 Å². The lowest BCUT2D eigenvalue weighted by Crippen LogP contribution is -2.36. The van der Waals surface area contributed by atoms with Gasteiger partial charge in [0.1, 0.15) is 24.1 Å². The molecule has 1 aliphatic heterocycles. The summed E-state index contributed by atoms with van der Waals surface area (Å²) in [6, 6.07) is 1.28. The Bertz CT molecular complexity index is 674. The summed E-state index contributed by atoms with van der Waals surface area (Å²) < 4.78 is 39.5. The number of ether oxygens (including phenoxy) is 1. The molecule has 11 nitrogen and oxygen atoms in total. The molecule has 4 atom stereocenters. The zero-order valence-corrected chi connectivity index (χ0v) is 11.3. The number of aliphatic hydroxyl groups excluding tert-OH is 2. The molecule has 1 fully saturated rings. The van der Waals surface area contributed by atoms with Crippen LogP contribution in [0.1, 0.15) is 6.23 Å². The summed E-state index contributed by atoms with van der Waals surface area (Å²) in [4.78, 5) is 15.1. The average molecular weight is 323 g/mol. The normalized spacial score (nSPS) is 29.7. The molecule has 12 heteroatoms. The standard InChI is InChI=1S/C9H13N3O8S/c10-5-1-2-12(9(15)11-5)8-7(14)6(13)4(20-8)3-19-21(16,17)18/h1-2,4,6-8,13-14H,3H2,(H2,10,11,15)(H,16,17,18)/t4-,6-,7-,8-/m1/s1. The van der Waals surface area contributed by atoms with E-state index >= 15 is 0 Å². The number of nitrogen functional groups attached to an aromatic ring is 1. The molecule has 1 aliphatic rings. The highest BCUT2D eigenvalue weighted by atomic mass is 32.3. The minimum atomic E-state index is -4.72. The summed E-state index contributed by atoms with van der Waals surface area (Å²) >= 11 is 0. The summed E-state index contributed by atoms with van der Waals surface area (Å²) in [5.41, 5.74) is 4.50. The van der Waals surface area contributed by atoms with Crippen LogP contribution in [0.25, 0.3) is 0 Å². The van der Waals surface area contributed by atoms with E-state index in [9.17, 15) is 23.4 Å². The molecule has 0 aromatic carbocycles. The smallest absolute Gasteiger partial charge is 0.387 e. The zero-order chi connectivity index (χ0) is 15.8. The number of hydrogen-bond donors (Lipinski definition) is 4. The monoisotopic (exact) mass is 323 g/mol. The van der Waals surface area contributed by atoms with E-state index in [1.54, 1.807) is 0 Å². The van der Waals surface area contributed by atoms with E-state index in [4.69, 9.17) is 15.0 Å². The number of aromatic nitrogens is 2. The number of hydrogen-bond acceptors (Lipinski definition) is 9. The number of anilines is 1. The minimum Gasteiger partial charge on any atom is -0.387 e. The fourth-order valence-corrected chi connectivity index (χ4v) is 2.18. The maximum Gasteiger partial charge on any atom is 0.397 e. The van der Waals surface area contributed by atoms with E-state index in [2.05, 4.69) is 9.17 Å². The maximum absolute atomic E-state index is 11.6. The van der Waals surface area contributed by atoms with Crippen molar-refractivity contribution in [2.75, 3.05) is 12.3 Å². The van der Waals surface area contributed by atoms with Crippen LogP contribution in [0.2, 0.25) is 0 Å². The zero-order valence-electron chi connectivity index (χ0n) is 10.4. The van der Waals surface area contributed by atoms with Gasteiger partial charge in [-0.25, -0.2) is 8.98 Å². The van der Waals surface area contributed by atoms with Gasteiger partial charge in [-0.3, -0.25) is 9.12 Å². The second-order valence-electron chi connectivity index (χ2n) is 4.30. The van der Waals surface area contributed by atoms with Crippen molar-refractivity contribution in [3.63, 3.8) is 0 Å². The Balaban J connectivity index is 2.18. The molecule has 2 rings (SSSR count). The lowest BCUT2D eigenvalue weighted by Gasteiger charge is -2.16. The first-order valence-corrected chi connectivity index (χ1v) is 7.03. The van der Waals surface area contributed by atoms with Gasteiger partial charge in [-0.2, -0.15) is 13.4 Å². The molecule has 0 radical (unpaired) electrons. The second-order valence-corrected chi connectivity index (χ2v) is 5.39. The van der Waals surface area contributed by atoms with Crippen LogP contribution < -0.4 is 11.4 Å². The van der Waals surface area contributed by atoms with Gasteiger partial charge in [0.25, 0.3) is 0 Å². The second kappa shape index (κ2) is 5.67. The van der Waals surface area contributed by atoms with Gasteiger partial charge in [-0.05, 0) is 6.07 Å². The summed E-state index contributed by atoms with van der Waals surface area (Å²) in [5, 5.41) is 19.6. The van der Waals surface area contributed by atoms with Gasteiger partial charge in [0.05, 0.1) is 6.61 Å². The predicted octanol–water partition coefficient (Wildman–Crippen LogP) is -2.74. The van der Waals surface area contributed by atoms with Gasteiger partial charge in [0.2, 0.25) is 0 Å². The van der Waals surface area contributed by atoms with Crippen molar-refractivity contribution in [2.24, 2.45) is 0 Å². The SMILES string of the molecule is Nc1ccn([C@@H]2O[C@H](COS(=O)(=O)O)[C@@H](O)[C@H]2O)c(=O)n1.